The SMILES string of the molecule is Fc1ccc(COCC=Cc2ccccc2)c(Br)c1. The minimum absolute atomic E-state index is 0.250. The first-order chi connectivity index (χ1) is 9.25. The van der Waals surface area contributed by atoms with Crippen molar-refractivity contribution in [3.63, 3.8) is 0 Å². The third-order valence-electron chi connectivity index (χ3n) is 2.60. The number of benzene rings is 2. The fourth-order valence-electron chi connectivity index (χ4n) is 1.62. The van der Waals surface area contributed by atoms with Crippen LogP contribution in [0, 0.1) is 5.82 Å². The van der Waals surface area contributed by atoms with Gasteiger partial charge in [0, 0.05) is 4.47 Å². The van der Waals surface area contributed by atoms with Gasteiger partial charge in [0.15, 0.2) is 0 Å². The lowest BCUT2D eigenvalue weighted by atomic mass is 10.2. The molecule has 98 valence electrons. The molecule has 0 saturated heterocycles. The maximum atomic E-state index is 12.9. The van der Waals surface area contributed by atoms with Crippen molar-refractivity contribution in [2.24, 2.45) is 0 Å². The van der Waals surface area contributed by atoms with Crippen LogP contribution in [0.2, 0.25) is 0 Å². The van der Waals surface area contributed by atoms with Crippen LogP contribution in [0.3, 0.4) is 0 Å². The molecule has 0 radical (unpaired) electrons. The Bertz CT molecular complexity index is 552. The molecule has 2 aromatic carbocycles. The van der Waals surface area contributed by atoms with Crippen LogP contribution >= 0.6 is 15.9 Å². The van der Waals surface area contributed by atoms with Crippen LogP contribution in [0.1, 0.15) is 11.1 Å². The van der Waals surface area contributed by atoms with Crippen molar-refractivity contribution < 1.29 is 9.13 Å². The zero-order chi connectivity index (χ0) is 13.5. The fraction of sp³-hybridized carbons (Fsp3) is 0.125. The van der Waals surface area contributed by atoms with Gasteiger partial charge in [-0.15, -0.1) is 0 Å². The normalized spacial score (nSPS) is 11.1. The highest BCUT2D eigenvalue weighted by molar-refractivity contribution is 9.10. The average Bonchev–Trinajstić information content (AvgIpc) is 2.42. The third-order valence-corrected chi connectivity index (χ3v) is 3.33. The number of rotatable bonds is 5. The first-order valence-corrected chi connectivity index (χ1v) is 6.78. The molecule has 0 N–H and O–H groups in total. The molecule has 19 heavy (non-hydrogen) atoms. The molecule has 2 aromatic rings. The van der Waals surface area contributed by atoms with Crippen molar-refractivity contribution in [3.05, 3.63) is 76.0 Å². The van der Waals surface area contributed by atoms with E-state index in [1.54, 1.807) is 6.07 Å². The van der Waals surface area contributed by atoms with Gasteiger partial charge in [-0.2, -0.15) is 0 Å². The van der Waals surface area contributed by atoms with E-state index < -0.39 is 0 Å². The number of hydrogen-bond acceptors (Lipinski definition) is 1. The van der Waals surface area contributed by atoms with Crippen LogP contribution in [-0.2, 0) is 11.3 Å². The van der Waals surface area contributed by atoms with Crippen molar-refractivity contribution in [1.82, 2.24) is 0 Å². The average molecular weight is 321 g/mol. The van der Waals surface area contributed by atoms with E-state index in [9.17, 15) is 4.39 Å². The van der Waals surface area contributed by atoms with Gasteiger partial charge in [-0.1, -0.05) is 64.5 Å². The summed E-state index contributed by atoms with van der Waals surface area (Å²) >= 11 is 3.31. The first-order valence-electron chi connectivity index (χ1n) is 5.99. The van der Waals surface area contributed by atoms with Crippen molar-refractivity contribution in [2.75, 3.05) is 6.61 Å². The van der Waals surface area contributed by atoms with Crippen LogP contribution in [-0.4, -0.2) is 6.61 Å². The summed E-state index contributed by atoms with van der Waals surface area (Å²) in [5.41, 5.74) is 2.09. The van der Waals surface area contributed by atoms with E-state index in [1.807, 2.05) is 42.5 Å². The second-order valence-electron chi connectivity index (χ2n) is 4.06. The molecule has 0 aliphatic carbocycles. The van der Waals surface area contributed by atoms with Crippen LogP contribution in [0.4, 0.5) is 4.39 Å². The summed E-state index contributed by atoms with van der Waals surface area (Å²) in [6, 6.07) is 14.6. The van der Waals surface area contributed by atoms with E-state index in [4.69, 9.17) is 4.74 Å². The summed E-state index contributed by atoms with van der Waals surface area (Å²) in [5, 5.41) is 0. The Morgan fingerprint density at radius 1 is 1.11 bits per heavy atom. The third kappa shape index (κ3) is 4.62. The quantitative estimate of drug-likeness (QED) is 0.718. The minimum Gasteiger partial charge on any atom is -0.373 e. The Hall–Kier alpha value is -1.45. The minimum atomic E-state index is -0.250. The maximum absolute atomic E-state index is 12.9. The number of halogens is 2. The van der Waals surface area contributed by atoms with Gasteiger partial charge in [-0.25, -0.2) is 4.39 Å². The molecule has 0 fully saturated rings. The maximum Gasteiger partial charge on any atom is 0.124 e. The van der Waals surface area contributed by atoms with Crippen molar-refractivity contribution >= 4 is 22.0 Å². The van der Waals surface area contributed by atoms with Gasteiger partial charge < -0.3 is 4.74 Å². The summed E-state index contributed by atoms with van der Waals surface area (Å²) < 4.78 is 19.2. The molecule has 0 bridgehead atoms. The summed E-state index contributed by atoms with van der Waals surface area (Å²) in [6.07, 6.45) is 3.98. The molecule has 1 nitrogen and oxygen atoms in total. The molecule has 0 amide bonds. The van der Waals surface area contributed by atoms with Gasteiger partial charge in [0.2, 0.25) is 0 Å². The van der Waals surface area contributed by atoms with Crippen LogP contribution < -0.4 is 0 Å². The van der Waals surface area contributed by atoms with Crippen molar-refractivity contribution in [3.8, 4) is 0 Å². The smallest absolute Gasteiger partial charge is 0.124 e. The van der Waals surface area contributed by atoms with Crippen LogP contribution in [0.5, 0.6) is 0 Å². The highest BCUT2D eigenvalue weighted by atomic mass is 79.9. The second-order valence-corrected chi connectivity index (χ2v) is 4.92. The van der Waals surface area contributed by atoms with E-state index in [-0.39, 0.29) is 5.82 Å². The van der Waals surface area contributed by atoms with E-state index in [1.165, 1.54) is 12.1 Å². The molecular formula is C16H14BrFO. The predicted octanol–water partition coefficient (Wildman–Crippen LogP) is 4.82. The Balaban J connectivity index is 1.79. The van der Waals surface area contributed by atoms with E-state index in [2.05, 4.69) is 15.9 Å². The summed E-state index contributed by atoms with van der Waals surface area (Å²) in [5.74, 6) is -0.250. The Kier molecular flexibility index (Phi) is 5.31. The molecule has 3 heteroatoms. The highest BCUT2D eigenvalue weighted by Crippen LogP contribution is 2.18. The fourth-order valence-corrected chi connectivity index (χ4v) is 2.09. The Morgan fingerprint density at radius 3 is 2.63 bits per heavy atom. The molecule has 0 heterocycles. The van der Waals surface area contributed by atoms with Gasteiger partial charge in [-0.3, -0.25) is 0 Å². The number of hydrogen-bond donors (Lipinski definition) is 0. The zero-order valence-corrected chi connectivity index (χ0v) is 11.9. The molecule has 2 rings (SSSR count). The first kappa shape index (κ1) is 14.0. The molecular weight excluding hydrogens is 307 g/mol. The monoisotopic (exact) mass is 320 g/mol. The lowest BCUT2D eigenvalue weighted by molar-refractivity contribution is 0.148. The topological polar surface area (TPSA) is 9.23 Å². The van der Waals surface area contributed by atoms with Gasteiger partial charge in [0.05, 0.1) is 13.2 Å². The molecule has 0 atom stereocenters. The van der Waals surface area contributed by atoms with Crippen molar-refractivity contribution in [1.29, 1.82) is 0 Å². The molecule has 0 saturated carbocycles. The van der Waals surface area contributed by atoms with Gasteiger partial charge >= 0.3 is 0 Å². The summed E-state index contributed by atoms with van der Waals surface area (Å²) in [6.45, 7) is 0.985. The standard InChI is InChI=1S/C16H14BrFO/c17-16-11-15(18)9-8-14(16)12-19-10-4-7-13-5-2-1-3-6-13/h1-9,11H,10,12H2. The van der Waals surface area contributed by atoms with E-state index in [0.717, 1.165) is 15.6 Å². The summed E-state index contributed by atoms with van der Waals surface area (Å²) in [7, 11) is 0. The van der Waals surface area contributed by atoms with Gasteiger partial charge in [0.1, 0.15) is 5.82 Å². The molecule has 0 aliphatic heterocycles. The molecule has 0 spiro atoms. The molecule has 0 aliphatic rings. The lowest BCUT2D eigenvalue weighted by Crippen LogP contribution is -1.94. The van der Waals surface area contributed by atoms with Crippen LogP contribution in [0.15, 0.2) is 59.1 Å². The summed E-state index contributed by atoms with van der Waals surface area (Å²) in [4.78, 5) is 0. The van der Waals surface area contributed by atoms with Gasteiger partial charge in [-0.05, 0) is 23.3 Å². The van der Waals surface area contributed by atoms with Crippen LogP contribution in [0.25, 0.3) is 6.08 Å². The van der Waals surface area contributed by atoms with E-state index >= 15 is 0 Å². The largest absolute Gasteiger partial charge is 0.373 e. The second kappa shape index (κ2) is 7.22. The van der Waals surface area contributed by atoms with Gasteiger partial charge in [0.25, 0.3) is 0 Å². The molecule has 0 aromatic heterocycles. The number of ether oxygens (including phenoxy) is 1. The van der Waals surface area contributed by atoms with E-state index in [0.29, 0.717) is 13.2 Å². The lowest BCUT2D eigenvalue weighted by Gasteiger charge is -2.04. The molecule has 0 unspecified atom stereocenters. The highest BCUT2D eigenvalue weighted by Gasteiger charge is 2.00. The Labute approximate surface area is 120 Å². The van der Waals surface area contributed by atoms with Crippen molar-refractivity contribution in [2.45, 2.75) is 6.61 Å². The zero-order valence-electron chi connectivity index (χ0n) is 10.4. The Morgan fingerprint density at radius 2 is 1.89 bits per heavy atom. The predicted molar refractivity (Wildman–Crippen MR) is 79.2 cm³/mol.